The van der Waals surface area contributed by atoms with Crippen molar-refractivity contribution in [2.24, 2.45) is 0 Å². The van der Waals surface area contributed by atoms with E-state index in [0.29, 0.717) is 11.0 Å². The molecule has 0 bridgehead atoms. The fourth-order valence-electron chi connectivity index (χ4n) is 7.73. The SMILES string of the molecule is CC1(C)c2ccccc2-c2cc3c4cc5c6ccccc6c6ccccc6c5cc4n(-c4c(O)c(O)c(O)c(O)c4O)c3cc21. The number of hydrogen-bond acceptors (Lipinski definition) is 5. The highest BCUT2D eigenvalue weighted by atomic mass is 16.4. The van der Waals surface area contributed by atoms with Crippen molar-refractivity contribution >= 4 is 54.1 Å². The molecule has 8 aromatic rings. The van der Waals surface area contributed by atoms with E-state index in [4.69, 9.17) is 0 Å². The van der Waals surface area contributed by atoms with Gasteiger partial charge in [-0.1, -0.05) is 86.6 Å². The number of fused-ring (bicyclic) bond motifs is 12. The Labute approximate surface area is 256 Å². The lowest BCUT2D eigenvalue weighted by molar-refractivity contribution is 0.327. The van der Waals surface area contributed by atoms with Crippen LogP contribution in [0, 0.1) is 0 Å². The van der Waals surface area contributed by atoms with Crippen LogP contribution in [0.1, 0.15) is 25.0 Å². The minimum atomic E-state index is -0.991. The summed E-state index contributed by atoms with van der Waals surface area (Å²) in [5.41, 5.74) is 5.32. The maximum atomic E-state index is 11.2. The molecule has 0 aliphatic heterocycles. The molecule has 0 atom stereocenters. The molecule has 1 aliphatic carbocycles. The molecule has 0 radical (unpaired) electrons. The summed E-state index contributed by atoms with van der Waals surface area (Å²) < 4.78 is 1.68. The first kappa shape index (κ1) is 25.6. The molecule has 5 N–H and O–H groups in total. The Morgan fingerprint density at radius 2 is 0.889 bits per heavy atom. The van der Waals surface area contributed by atoms with Gasteiger partial charge in [0.05, 0.1) is 11.0 Å². The predicted octanol–water partition coefficient (Wildman–Crippen LogP) is 9.08. The summed E-state index contributed by atoms with van der Waals surface area (Å²) in [7, 11) is 0. The van der Waals surface area contributed by atoms with Gasteiger partial charge in [0.1, 0.15) is 5.69 Å². The summed E-state index contributed by atoms with van der Waals surface area (Å²) in [6.45, 7) is 4.35. The number of nitrogens with zero attached hydrogens (tertiary/aromatic N) is 1. The molecule has 45 heavy (non-hydrogen) atoms. The van der Waals surface area contributed by atoms with Crippen molar-refractivity contribution in [3.63, 3.8) is 0 Å². The summed E-state index contributed by atoms with van der Waals surface area (Å²) in [6.07, 6.45) is 0. The molecule has 1 heterocycles. The fourth-order valence-corrected chi connectivity index (χ4v) is 7.73. The van der Waals surface area contributed by atoms with E-state index >= 15 is 0 Å². The zero-order valence-corrected chi connectivity index (χ0v) is 24.4. The van der Waals surface area contributed by atoms with Gasteiger partial charge in [0.15, 0.2) is 11.5 Å². The van der Waals surface area contributed by atoms with Gasteiger partial charge in [0.2, 0.25) is 17.2 Å². The Bertz CT molecular complexity index is 2600. The van der Waals surface area contributed by atoms with Crippen LogP contribution in [-0.4, -0.2) is 30.1 Å². The molecule has 218 valence electrons. The summed E-state index contributed by atoms with van der Waals surface area (Å²) in [5.74, 6) is -4.31. The number of rotatable bonds is 1. The van der Waals surface area contributed by atoms with Gasteiger partial charge in [-0.25, -0.2) is 0 Å². The highest BCUT2D eigenvalue weighted by Crippen LogP contribution is 2.56. The lowest BCUT2D eigenvalue weighted by Crippen LogP contribution is -2.15. The first-order valence-corrected chi connectivity index (χ1v) is 14.8. The van der Waals surface area contributed by atoms with E-state index in [0.717, 1.165) is 59.8 Å². The molecule has 0 unspecified atom stereocenters. The van der Waals surface area contributed by atoms with Gasteiger partial charge in [-0.3, -0.25) is 0 Å². The number of aromatic hydroxyl groups is 5. The first-order chi connectivity index (χ1) is 21.7. The molecule has 1 aromatic heterocycles. The Morgan fingerprint density at radius 3 is 1.51 bits per heavy atom. The number of hydrogen-bond donors (Lipinski definition) is 5. The second kappa shape index (κ2) is 8.39. The summed E-state index contributed by atoms with van der Waals surface area (Å²) in [5, 5.41) is 62.2. The highest BCUT2D eigenvalue weighted by Gasteiger charge is 2.37. The Hall–Kier alpha value is -5.88. The third-order valence-electron chi connectivity index (χ3n) is 9.90. The molecule has 6 nitrogen and oxygen atoms in total. The molecule has 0 amide bonds. The van der Waals surface area contributed by atoms with E-state index in [1.54, 1.807) is 4.57 Å². The third kappa shape index (κ3) is 3.08. The van der Waals surface area contributed by atoms with E-state index in [9.17, 15) is 25.5 Å². The van der Waals surface area contributed by atoms with Crippen molar-refractivity contribution in [3.8, 4) is 45.6 Å². The van der Waals surface area contributed by atoms with E-state index < -0.39 is 28.7 Å². The van der Waals surface area contributed by atoms with Crippen molar-refractivity contribution in [2.45, 2.75) is 19.3 Å². The molecule has 1 aliphatic rings. The molecular formula is C39H27NO5. The Kier molecular flexibility index (Phi) is 4.77. The Morgan fingerprint density at radius 1 is 0.422 bits per heavy atom. The van der Waals surface area contributed by atoms with Crippen molar-refractivity contribution in [1.82, 2.24) is 4.57 Å². The lowest BCUT2D eigenvalue weighted by Gasteiger charge is -2.22. The van der Waals surface area contributed by atoms with Crippen LogP contribution >= 0.6 is 0 Å². The topological polar surface area (TPSA) is 106 Å². The minimum Gasteiger partial charge on any atom is -0.503 e. The molecule has 0 spiro atoms. The molecular weight excluding hydrogens is 562 g/mol. The second-order valence-electron chi connectivity index (χ2n) is 12.5. The zero-order valence-electron chi connectivity index (χ0n) is 24.4. The van der Waals surface area contributed by atoms with Gasteiger partial charge in [0, 0.05) is 16.2 Å². The summed E-state index contributed by atoms with van der Waals surface area (Å²) in [6, 6.07) is 33.4. The number of phenolic OH excluding ortho intramolecular Hbond substituents is 5. The number of benzene rings is 7. The van der Waals surface area contributed by atoms with E-state index in [2.05, 4.69) is 68.4 Å². The summed E-state index contributed by atoms with van der Waals surface area (Å²) in [4.78, 5) is 0. The highest BCUT2D eigenvalue weighted by molar-refractivity contribution is 6.29. The third-order valence-corrected chi connectivity index (χ3v) is 9.90. The van der Waals surface area contributed by atoms with E-state index in [1.165, 1.54) is 5.56 Å². The van der Waals surface area contributed by atoms with Crippen molar-refractivity contribution < 1.29 is 25.5 Å². The van der Waals surface area contributed by atoms with Gasteiger partial charge < -0.3 is 30.1 Å². The predicted molar refractivity (Wildman–Crippen MR) is 179 cm³/mol. The minimum absolute atomic E-state index is 0.222. The van der Waals surface area contributed by atoms with Gasteiger partial charge in [-0.05, 0) is 78.8 Å². The monoisotopic (exact) mass is 589 g/mol. The van der Waals surface area contributed by atoms with Crippen LogP contribution in [0.4, 0.5) is 0 Å². The van der Waals surface area contributed by atoms with Crippen LogP contribution < -0.4 is 0 Å². The smallest absolute Gasteiger partial charge is 0.208 e. The molecule has 6 heteroatoms. The van der Waals surface area contributed by atoms with Gasteiger partial charge in [0.25, 0.3) is 0 Å². The number of aromatic nitrogens is 1. The fraction of sp³-hybridized carbons (Fsp3) is 0.0769. The van der Waals surface area contributed by atoms with Crippen LogP contribution in [0.3, 0.4) is 0 Å². The zero-order chi connectivity index (χ0) is 30.9. The maximum Gasteiger partial charge on any atom is 0.208 e. The maximum absolute atomic E-state index is 11.2. The molecule has 0 saturated heterocycles. The normalized spacial score (nSPS) is 13.7. The molecule has 0 saturated carbocycles. The van der Waals surface area contributed by atoms with E-state index in [1.807, 2.05) is 42.5 Å². The quantitative estimate of drug-likeness (QED) is 0.0746. The van der Waals surface area contributed by atoms with Gasteiger partial charge in [-0.15, -0.1) is 0 Å². The Balaban J connectivity index is 1.54. The van der Waals surface area contributed by atoms with Crippen LogP contribution in [-0.2, 0) is 5.41 Å². The van der Waals surface area contributed by atoms with Crippen LogP contribution in [0.2, 0.25) is 0 Å². The number of phenols is 5. The average Bonchev–Trinajstić information content (AvgIpc) is 3.49. The van der Waals surface area contributed by atoms with Crippen molar-refractivity contribution in [3.05, 3.63) is 108 Å². The van der Waals surface area contributed by atoms with Crippen LogP contribution in [0.5, 0.6) is 28.7 Å². The van der Waals surface area contributed by atoms with Crippen molar-refractivity contribution in [1.29, 1.82) is 0 Å². The molecule has 7 aromatic carbocycles. The standard InChI is InChI=1S/C39H27NO5/c1-39(2)29-14-8-7-13-23(29)26-16-28-27-15-24-21-11-5-3-9-19(21)20-10-4-6-12-22(20)25(24)17-31(27)40(32(28)18-30(26)39)33-34(41)36(43)38(45)37(44)35(33)42/h3-18,41-45H,1-2H3. The molecule has 0 fully saturated rings. The first-order valence-electron chi connectivity index (χ1n) is 14.8. The van der Waals surface area contributed by atoms with E-state index in [-0.39, 0.29) is 11.1 Å². The second-order valence-corrected chi connectivity index (χ2v) is 12.5. The van der Waals surface area contributed by atoms with Gasteiger partial charge >= 0.3 is 0 Å². The molecule has 9 rings (SSSR count). The van der Waals surface area contributed by atoms with Crippen LogP contribution in [0.15, 0.2) is 97.1 Å². The average molecular weight is 590 g/mol. The largest absolute Gasteiger partial charge is 0.503 e. The van der Waals surface area contributed by atoms with Crippen LogP contribution in [0.25, 0.3) is 70.9 Å². The summed E-state index contributed by atoms with van der Waals surface area (Å²) >= 11 is 0. The van der Waals surface area contributed by atoms with Crippen molar-refractivity contribution in [2.75, 3.05) is 0 Å². The van der Waals surface area contributed by atoms with Gasteiger partial charge in [-0.2, -0.15) is 0 Å². The lowest BCUT2D eigenvalue weighted by atomic mass is 9.82.